The highest BCUT2D eigenvalue weighted by Crippen LogP contribution is 2.25. The third-order valence-electron chi connectivity index (χ3n) is 3.13. The van der Waals surface area contributed by atoms with Gasteiger partial charge in [-0.3, -0.25) is 0 Å². The molecule has 0 saturated carbocycles. The first-order valence-electron chi connectivity index (χ1n) is 6.89. The first kappa shape index (κ1) is 18.4. The minimum atomic E-state index is -3.57. The van der Waals surface area contributed by atoms with Crippen LogP contribution < -0.4 is 5.32 Å². The summed E-state index contributed by atoms with van der Waals surface area (Å²) < 4.78 is 26.5. The molecule has 7 heteroatoms. The number of hydrogen-bond acceptors (Lipinski definition) is 4. The predicted molar refractivity (Wildman–Crippen MR) is 87.2 cm³/mol. The summed E-state index contributed by atoms with van der Waals surface area (Å²) in [7, 11) is 1.82. The van der Waals surface area contributed by atoms with Crippen LogP contribution in [0, 0.1) is 0 Å². The van der Waals surface area contributed by atoms with Crippen molar-refractivity contribution in [2.24, 2.45) is 0 Å². The molecule has 0 aromatic heterocycles. The van der Waals surface area contributed by atoms with Crippen molar-refractivity contribution in [2.45, 2.75) is 18.4 Å². The Balaban J connectivity index is 3.00. The van der Waals surface area contributed by atoms with E-state index in [1.54, 1.807) is 19.2 Å². The Morgan fingerprint density at radius 3 is 2.43 bits per heavy atom. The Bertz CT molecular complexity index is 561. The lowest BCUT2D eigenvalue weighted by Gasteiger charge is -2.20. The Morgan fingerprint density at radius 2 is 1.86 bits per heavy atom. The number of benzene rings is 1. The van der Waals surface area contributed by atoms with Crippen molar-refractivity contribution >= 4 is 21.6 Å². The van der Waals surface area contributed by atoms with Crippen molar-refractivity contribution in [3.63, 3.8) is 0 Å². The molecule has 0 radical (unpaired) electrons. The van der Waals surface area contributed by atoms with Gasteiger partial charge in [0.05, 0.1) is 5.02 Å². The van der Waals surface area contributed by atoms with Gasteiger partial charge in [0.1, 0.15) is 4.90 Å². The molecule has 0 fully saturated rings. The van der Waals surface area contributed by atoms with Crippen molar-refractivity contribution in [3.05, 3.63) is 28.8 Å². The Morgan fingerprint density at radius 1 is 1.19 bits per heavy atom. The molecule has 0 aliphatic heterocycles. The van der Waals surface area contributed by atoms with Gasteiger partial charge in [-0.25, -0.2) is 8.42 Å². The molecule has 1 N–H and O–H groups in total. The quantitative estimate of drug-likeness (QED) is 0.785. The minimum Gasteiger partial charge on any atom is -0.313 e. The van der Waals surface area contributed by atoms with E-state index < -0.39 is 10.0 Å². The van der Waals surface area contributed by atoms with Crippen molar-refractivity contribution in [1.29, 1.82) is 0 Å². The van der Waals surface area contributed by atoms with Crippen molar-refractivity contribution in [2.75, 3.05) is 40.8 Å². The van der Waals surface area contributed by atoms with Gasteiger partial charge in [0.25, 0.3) is 0 Å². The highest BCUT2D eigenvalue weighted by Gasteiger charge is 2.23. The minimum absolute atomic E-state index is 0.167. The van der Waals surface area contributed by atoms with Crippen LogP contribution in [0.25, 0.3) is 0 Å². The average molecular weight is 334 g/mol. The molecule has 0 spiro atoms. The number of nitrogens with zero attached hydrogens (tertiary/aromatic N) is 2. The Hall–Kier alpha value is -0.660. The van der Waals surface area contributed by atoms with Gasteiger partial charge < -0.3 is 10.2 Å². The summed E-state index contributed by atoms with van der Waals surface area (Å²) in [5.74, 6) is 0. The van der Waals surface area contributed by atoms with Gasteiger partial charge in [-0.2, -0.15) is 4.31 Å². The topological polar surface area (TPSA) is 52.7 Å². The molecular formula is C14H24ClN3O2S. The van der Waals surface area contributed by atoms with E-state index in [0.29, 0.717) is 19.6 Å². The van der Waals surface area contributed by atoms with Gasteiger partial charge >= 0.3 is 0 Å². The zero-order valence-electron chi connectivity index (χ0n) is 13.1. The summed E-state index contributed by atoms with van der Waals surface area (Å²) in [5.41, 5.74) is 0.904. The second kappa shape index (κ2) is 8.10. The van der Waals surface area contributed by atoms with Crippen LogP contribution in [0.5, 0.6) is 0 Å². The number of rotatable bonds is 8. The van der Waals surface area contributed by atoms with Gasteiger partial charge in [-0.05, 0) is 38.3 Å². The normalized spacial score (nSPS) is 12.3. The zero-order chi connectivity index (χ0) is 16.0. The molecule has 0 aliphatic carbocycles. The van der Waals surface area contributed by atoms with Crippen LogP contribution in [0.15, 0.2) is 23.1 Å². The molecule has 0 aliphatic rings. The molecule has 0 amide bonds. The van der Waals surface area contributed by atoms with Crippen LogP contribution in [0.1, 0.15) is 12.5 Å². The molecular weight excluding hydrogens is 310 g/mol. The van der Waals surface area contributed by atoms with Gasteiger partial charge in [0, 0.05) is 26.7 Å². The number of likely N-dealkylation sites (N-methyl/N-ethyl adjacent to an activating group) is 2. The van der Waals surface area contributed by atoms with Crippen molar-refractivity contribution < 1.29 is 8.42 Å². The second-order valence-corrected chi connectivity index (χ2v) is 7.60. The van der Waals surface area contributed by atoms with Crippen LogP contribution in [0.2, 0.25) is 5.02 Å². The maximum atomic E-state index is 12.6. The van der Waals surface area contributed by atoms with Gasteiger partial charge in [-0.1, -0.05) is 24.6 Å². The van der Waals surface area contributed by atoms with Crippen LogP contribution in [0.3, 0.4) is 0 Å². The molecule has 1 rings (SSSR count). The molecule has 120 valence electrons. The second-order valence-electron chi connectivity index (χ2n) is 5.17. The molecule has 0 unspecified atom stereocenters. The van der Waals surface area contributed by atoms with Crippen LogP contribution in [-0.4, -0.2) is 58.4 Å². The van der Waals surface area contributed by atoms with Crippen LogP contribution in [-0.2, 0) is 16.6 Å². The Labute approximate surface area is 132 Å². The lowest BCUT2D eigenvalue weighted by Crippen LogP contribution is -2.33. The smallest absolute Gasteiger partial charge is 0.244 e. The fourth-order valence-corrected chi connectivity index (χ4v) is 3.44. The van der Waals surface area contributed by atoms with E-state index in [2.05, 4.69) is 5.32 Å². The lowest BCUT2D eigenvalue weighted by molar-refractivity contribution is 0.358. The van der Waals surface area contributed by atoms with E-state index in [1.165, 1.54) is 4.31 Å². The fraction of sp³-hybridized carbons (Fsp3) is 0.571. The van der Waals surface area contributed by atoms with E-state index in [9.17, 15) is 8.42 Å². The largest absolute Gasteiger partial charge is 0.313 e. The van der Waals surface area contributed by atoms with Crippen LogP contribution >= 0.6 is 11.6 Å². The van der Waals surface area contributed by atoms with Crippen LogP contribution in [0.4, 0.5) is 0 Å². The average Bonchev–Trinajstić information content (AvgIpc) is 2.43. The highest BCUT2D eigenvalue weighted by molar-refractivity contribution is 7.89. The molecule has 0 saturated heterocycles. The summed E-state index contributed by atoms with van der Waals surface area (Å²) in [6, 6.07) is 5.12. The standard InChI is InChI=1S/C14H24ClN3O2S/c1-5-16-11-12-6-7-13(15)14(10-12)21(19,20)18(4)9-8-17(2)3/h6-7,10,16H,5,8-9,11H2,1-4H3. The monoisotopic (exact) mass is 333 g/mol. The molecule has 0 bridgehead atoms. The third kappa shape index (κ3) is 5.23. The maximum Gasteiger partial charge on any atom is 0.244 e. The molecule has 0 atom stereocenters. The van der Waals surface area contributed by atoms with Gasteiger partial charge in [0.15, 0.2) is 0 Å². The summed E-state index contributed by atoms with van der Waals surface area (Å²) in [5, 5.41) is 3.43. The van der Waals surface area contributed by atoms with Gasteiger partial charge in [0.2, 0.25) is 10.0 Å². The first-order valence-corrected chi connectivity index (χ1v) is 8.71. The molecule has 1 aromatic carbocycles. The molecule has 5 nitrogen and oxygen atoms in total. The maximum absolute atomic E-state index is 12.6. The summed E-state index contributed by atoms with van der Waals surface area (Å²) in [6.45, 7) is 4.53. The number of hydrogen-bond donors (Lipinski definition) is 1. The predicted octanol–water partition coefficient (Wildman–Crippen LogP) is 1.63. The zero-order valence-corrected chi connectivity index (χ0v) is 14.6. The fourth-order valence-electron chi connectivity index (χ4n) is 1.75. The van der Waals surface area contributed by atoms with E-state index in [1.807, 2.05) is 32.0 Å². The van der Waals surface area contributed by atoms with E-state index in [4.69, 9.17) is 11.6 Å². The van der Waals surface area contributed by atoms with Crippen molar-refractivity contribution in [3.8, 4) is 0 Å². The van der Waals surface area contributed by atoms with E-state index in [-0.39, 0.29) is 9.92 Å². The van der Waals surface area contributed by atoms with Gasteiger partial charge in [-0.15, -0.1) is 0 Å². The Kier molecular flexibility index (Phi) is 7.09. The summed E-state index contributed by atoms with van der Waals surface area (Å²) >= 11 is 6.08. The SMILES string of the molecule is CCNCc1ccc(Cl)c(S(=O)(=O)N(C)CCN(C)C)c1. The van der Waals surface area contributed by atoms with Crippen molar-refractivity contribution in [1.82, 2.24) is 14.5 Å². The molecule has 21 heavy (non-hydrogen) atoms. The molecule has 1 aromatic rings. The lowest BCUT2D eigenvalue weighted by atomic mass is 10.2. The molecule has 0 heterocycles. The highest BCUT2D eigenvalue weighted by atomic mass is 35.5. The number of sulfonamides is 1. The third-order valence-corrected chi connectivity index (χ3v) is 5.46. The summed E-state index contributed by atoms with van der Waals surface area (Å²) in [6.07, 6.45) is 0. The number of nitrogens with one attached hydrogen (secondary N) is 1. The number of halogens is 1. The summed E-state index contributed by atoms with van der Waals surface area (Å²) in [4.78, 5) is 2.11. The first-order chi connectivity index (χ1) is 9.78. The van der Waals surface area contributed by atoms with E-state index >= 15 is 0 Å². The van der Waals surface area contributed by atoms with E-state index in [0.717, 1.165) is 12.1 Å².